The number of rotatable bonds is 9. The number of carbonyl (C=O) groups excluding carboxylic acids is 2. The van der Waals surface area contributed by atoms with Gasteiger partial charge in [-0.3, -0.25) is 14.6 Å². The number of hydrogen-bond acceptors (Lipinski definition) is 7. The second-order valence-electron chi connectivity index (χ2n) is 9.33. The van der Waals surface area contributed by atoms with Gasteiger partial charge in [0.05, 0.1) is 10.6 Å². The number of sulfone groups is 1. The SMILES string of the molecule is CC(=O)N1CC(CC(=O)CO)(CS(=O)(=O)c2ccc(OCc3cc(C)nc4c(F)cccc34)cc2)C1. The average molecular weight is 515 g/mol. The second kappa shape index (κ2) is 9.94. The van der Waals surface area contributed by atoms with E-state index in [9.17, 15) is 22.4 Å². The topological polar surface area (TPSA) is 114 Å². The summed E-state index contributed by atoms with van der Waals surface area (Å²) in [6.45, 7) is 2.92. The quantitative estimate of drug-likeness (QED) is 0.467. The summed E-state index contributed by atoms with van der Waals surface area (Å²) in [6, 6.07) is 12.5. The van der Waals surface area contributed by atoms with E-state index in [1.165, 1.54) is 42.2 Å². The smallest absolute Gasteiger partial charge is 0.219 e. The standard InChI is InChI=1S/C26H27FN2O6S/c1-17-10-19(23-4-3-5-24(27)25(23)28-17)13-35-21-6-8-22(9-7-21)36(33,34)16-26(11-20(32)12-30)14-29(15-26)18(2)31/h3-10,30H,11-16H2,1-2H3. The number of carbonyl (C=O) groups is 2. The molecule has 0 aliphatic carbocycles. The number of halogens is 1. The van der Waals surface area contributed by atoms with Crippen LogP contribution in [0.15, 0.2) is 53.4 Å². The lowest BCUT2D eigenvalue weighted by Crippen LogP contribution is -2.61. The Balaban J connectivity index is 1.48. The Hall–Kier alpha value is -3.37. The van der Waals surface area contributed by atoms with E-state index in [-0.39, 0.29) is 48.2 Å². The highest BCUT2D eigenvalue weighted by Gasteiger charge is 2.48. The van der Waals surface area contributed by atoms with Crippen LogP contribution in [-0.2, 0) is 26.0 Å². The Morgan fingerprint density at radius 3 is 2.50 bits per heavy atom. The first-order chi connectivity index (χ1) is 17.0. The van der Waals surface area contributed by atoms with E-state index in [2.05, 4.69) is 4.98 Å². The minimum absolute atomic E-state index is 0.0687. The molecule has 2 heterocycles. The first-order valence-electron chi connectivity index (χ1n) is 11.4. The molecular formula is C26H27FN2O6S. The Bertz CT molecular complexity index is 1420. The summed E-state index contributed by atoms with van der Waals surface area (Å²) in [7, 11) is -3.78. The first kappa shape index (κ1) is 25.7. The number of aliphatic hydroxyl groups is 1. The van der Waals surface area contributed by atoms with E-state index in [1.54, 1.807) is 19.1 Å². The van der Waals surface area contributed by atoms with Crippen LogP contribution in [0.1, 0.15) is 24.6 Å². The normalized spacial score (nSPS) is 14.9. The van der Waals surface area contributed by atoms with Crippen molar-refractivity contribution in [3.8, 4) is 5.75 Å². The van der Waals surface area contributed by atoms with Crippen molar-refractivity contribution in [2.75, 3.05) is 25.4 Å². The summed E-state index contributed by atoms with van der Waals surface area (Å²) in [6.07, 6.45) is -0.117. The summed E-state index contributed by atoms with van der Waals surface area (Å²) in [5.41, 5.74) is 0.755. The molecule has 1 amide bonds. The Labute approximate surface area is 208 Å². The third-order valence-electron chi connectivity index (χ3n) is 6.32. The molecule has 190 valence electrons. The molecule has 1 saturated heterocycles. The lowest BCUT2D eigenvalue weighted by Gasteiger charge is -2.49. The number of hydrogen-bond donors (Lipinski definition) is 1. The molecule has 1 fully saturated rings. The van der Waals surface area contributed by atoms with Gasteiger partial charge in [0.25, 0.3) is 0 Å². The Morgan fingerprint density at radius 2 is 1.86 bits per heavy atom. The monoisotopic (exact) mass is 514 g/mol. The van der Waals surface area contributed by atoms with Gasteiger partial charge in [-0.2, -0.15) is 0 Å². The van der Waals surface area contributed by atoms with Crippen LogP contribution in [0.2, 0.25) is 0 Å². The van der Waals surface area contributed by atoms with Crippen molar-refractivity contribution in [1.82, 2.24) is 9.88 Å². The maximum atomic E-state index is 14.2. The van der Waals surface area contributed by atoms with Gasteiger partial charge < -0.3 is 14.7 Å². The van der Waals surface area contributed by atoms with E-state index < -0.39 is 33.5 Å². The van der Waals surface area contributed by atoms with E-state index >= 15 is 0 Å². The number of ketones is 1. The molecule has 0 bridgehead atoms. The van der Waals surface area contributed by atoms with Crippen molar-refractivity contribution >= 4 is 32.4 Å². The maximum Gasteiger partial charge on any atom is 0.219 e. The van der Waals surface area contributed by atoms with Gasteiger partial charge in [-0.1, -0.05) is 12.1 Å². The third-order valence-corrected chi connectivity index (χ3v) is 8.31. The summed E-state index contributed by atoms with van der Waals surface area (Å²) in [5, 5.41) is 9.78. The van der Waals surface area contributed by atoms with Gasteiger partial charge in [0.1, 0.15) is 30.3 Å². The molecule has 1 aliphatic rings. The highest BCUT2D eigenvalue weighted by Crippen LogP contribution is 2.37. The predicted octanol–water partition coefficient (Wildman–Crippen LogP) is 2.84. The van der Waals surface area contributed by atoms with Crippen molar-refractivity contribution in [2.45, 2.75) is 31.8 Å². The van der Waals surface area contributed by atoms with Crippen LogP contribution in [0.25, 0.3) is 10.9 Å². The van der Waals surface area contributed by atoms with Crippen molar-refractivity contribution in [3.05, 3.63) is 65.6 Å². The molecule has 4 rings (SSSR count). The molecule has 2 aromatic carbocycles. The van der Waals surface area contributed by atoms with Crippen molar-refractivity contribution < 1.29 is 32.2 Å². The highest BCUT2D eigenvalue weighted by molar-refractivity contribution is 7.91. The molecule has 36 heavy (non-hydrogen) atoms. The van der Waals surface area contributed by atoms with Gasteiger partial charge in [-0.15, -0.1) is 0 Å². The fourth-order valence-corrected chi connectivity index (χ4v) is 6.46. The van der Waals surface area contributed by atoms with Crippen molar-refractivity contribution in [2.24, 2.45) is 5.41 Å². The maximum absolute atomic E-state index is 14.2. The zero-order chi connectivity index (χ0) is 26.1. The van der Waals surface area contributed by atoms with E-state index in [4.69, 9.17) is 9.84 Å². The molecule has 1 aliphatic heterocycles. The number of para-hydroxylation sites is 1. The minimum atomic E-state index is -3.78. The summed E-state index contributed by atoms with van der Waals surface area (Å²) in [5.74, 6) is -0.950. The number of pyridine rings is 1. The van der Waals surface area contributed by atoms with Crippen molar-refractivity contribution in [3.63, 3.8) is 0 Å². The largest absolute Gasteiger partial charge is 0.489 e. The number of benzene rings is 2. The van der Waals surface area contributed by atoms with Gasteiger partial charge in [-0.05, 0) is 43.3 Å². The number of likely N-dealkylation sites (tertiary alicyclic amines) is 1. The first-order valence-corrected chi connectivity index (χ1v) is 13.1. The van der Waals surface area contributed by atoms with Crippen LogP contribution in [0.3, 0.4) is 0 Å². The molecule has 10 heteroatoms. The number of aryl methyl sites for hydroxylation is 1. The molecule has 8 nitrogen and oxygen atoms in total. The minimum Gasteiger partial charge on any atom is -0.489 e. The fourth-order valence-electron chi connectivity index (χ4n) is 4.65. The van der Waals surface area contributed by atoms with Crippen LogP contribution in [0.5, 0.6) is 5.75 Å². The number of fused-ring (bicyclic) bond motifs is 1. The summed E-state index contributed by atoms with van der Waals surface area (Å²) in [4.78, 5) is 29.3. The molecule has 0 saturated carbocycles. The molecule has 1 N–H and O–H groups in total. The van der Waals surface area contributed by atoms with Gasteiger partial charge in [-0.25, -0.2) is 12.8 Å². The summed E-state index contributed by atoms with van der Waals surface area (Å²) < 4.78 is 46.3. The number of amides is 1. The average Bonchev–Trinajstić information content (AvgIpc) is 2.81. The number of Topliss-reactive ketones (excluding diaryl/α,β-unsaturated/α-hetero) is 1. The fraction of sp³-hybridized carbons (Fsp3) is 0.346. The molecule has 0 unspecified atom stereocenters. The molecule has 0 spiro atoms. The molecular weight excluding hydrogens is 487 g/mol. The third kappa shape index (κ3) is 5.39. The molecule has 3 aromatic rings. The number of nitrogens with zero attached hydrogens (tertiary/aromatic N) is 2. The predicted molar refractivity (Wildman–Crippen MR) is 131 cm³/mol. The van der Waals surface area contributed by atoms with Crippen LogP contribution in [0.4, 0.5) is 4.39 Å². The number of aliphatic hydroxyl groups excluding tert-OH is 1. The van der Waals surface area contributed by atoms with Gasteiger partial charge in [0.2, 0.25) is 5.91 Å². The molecule has 0 atom stereocenters. The summed E-state index contributed by atoms with van der Waals surface area (Å²) >= 11 is 0. The lowest BCUT2D eigenvalue weighted by atomic mass is 9.77. The number of ether oxygens (including phenoxy) is 1. The van der Waals surface area contributed by atoms with Crippen LogP contribution in [-0.4, -0.2) is 60.5 Å². The van der Waals surface area contributed by atoms with Crippen LogP contribution < -0.4 is 4.74 Å². The molecule has 0 radical (unpaired) electrons. The Morgan fingerprint density at radius 1 is 1.17 bits per heavy atom. The Kier molecular flexibility index (Phi) is 7.10. The van der Waals surface area contributed by atoms with E-state index in [1.807, 2.05) is 6.07 Å². The van der Waals surface area contributed by atoms with Crippen LogP contribution in [0, 0.1) is 18.2 Å². The number of aromatic nitrogens is 1. The van der Waals surface area contributed by atoms with Crippen molar-refractivity contribution in [1.29, 1.82) is 0 Å². The molecule has 1 aromatic heterocycles. The highest BCUT2D eigenvalue weighted by atomic mass is 32.2. The van der Waals surface area contributed by atoms with E-state index in [0.717, 1.165) is 5.56 Å². The second-order valence-corrected chi connectivity index (χ2v) is 11.3. The lowest BCUT2D eigenvalue weighted by molar-refractivity contribution is -0.143. The zero-order valence-corrected chi connectivity index (χ0v) is 20.8. The van der Waals surface area contributed by atoms with Gasteiger partial charge in [0.15, 0.2) is 15.6 Å². The van der Waals surface area contributed by atoms with Crippen LogP contribution >= 0.6 is 0 Å². The van der Waals surface area contributed by atoms with Gasteiger partial charge in [0, 0.05) is 48.5 Å². The van der Waals surface area contributed by atoms with Gasteiger partial charge >= 0.3 is 0 Å². The van der Waals surface area contributed by atoms with E-state index in [0.29, 0.717) is 16.8 Å². The zero-order valence-electron chi connectivity index (χ0n) is 20.0.